The zero-order valence-electron chi connectivity index (χ0n) is 10.2. The van der Waals surface area contributed by atoms with Crippen LogP contribution in [0.2, 0.25) is 0 Å². The minimum atomic E-state index is 0.732. The SMILES string of the molecule is N=Cc1ccc(-c2cc(-c3ccccc3)no2)cc1. The van der Waals surface area contributed by atoms with Crippen LogP contribution in [0.4, 0.5) is 0 Å². The van der Waals surface area contributed by atoms with Gasteiger partial charge in [-0.1, -0.05) is 59.8 Å². The summed E-state index contributed by atoms with van der Waals surface area (Å²) < 4.78 is 5.37. The van der Waals surface area contributed by atoms with Gasteiger partial charge in [0, 0.05) is 23.4 Å². The Balaban J connectivity index is 1.94. The van der Waals surface area contributed by atoms with Crippen LogP contribution in [-0.2, 0) is 0 Å². The fourth-order valence-electron chi connectivity index (χ4n) is 1.90. The molecule has 1 N–H and O–H groups in total. The average molecular weight is 248 g/mol. The fourth-order valence-corrected chi connectivity index (χ4v) is 1.90. The lowest BCUT2D eigenvalue weighted by Crippen LogP contribution is -1.79. The first-order valence-electron chi connectivity index (χ1n) is 6.00. The molecule has 0 aliphatic heterocycles. The molecule has 3 aromatic rings. The Kier molecular flexibility index (Phi) is 2.94. The van der Waals surface area contributed by atoms with Crippen molar-refractivity contribution in [2.45, 2.75) is 0 Å². The van der Waals surface area contributed by atoms with E-state index in [9.17, 15) is 0 Å². The Morgan fingerprint density at radius 1 is 0.895 bits per heavy atom. The maximum atomic E-state index is 7.17. The average Bonchev–Trinajstić information content (AvgIpc) is 2.98. The van der Waals surface area contributed by atoms with Crippen LogP contribution in [0, 0.1) is 5.41 Å². The molecule has 0 amide bonds. The first kappa shape index (κ1) is 11.4. The Labute approximate surface area is 111 Å². The lowest BCUT2D eigenvalue weighted by Gasteiger charge is -1.95. The summed E-state index contributed by atoms with van der Waals surface area (Å²) in [4.78, 5) is 0. The molecule has 3 heteroatoms. The molecule has 19 heavy (non-hydrogen) atoms. The second kappa shape index (κ2) is 4.90. The predicted octanol–water partition coefficient (Wildman–Crippen LogP) is 4.01. The zero-order chi connectivity index (χ0) is 13.1. The van der Waals surface area contributed by atoms with E-state index >= 15 is 0 Å². The molecule has 0 unspecified atom stereocenters. The number of nitrogens with zero attached hydrogens (tertiary/aromatic N) is 1. The summed E-state index contributed by atoms with van der Waals surface area (Å²) in [6.45, 7) is 0. The first-order chi connectivity index (χ1) is 9.36. The van der Waals surface area contributed by atoms with Crippen molar-refractivity contribution in [2.75, 3.05) is 0 Å². The van der Waals surface area contributed by atoms with Crippen molar-refractivity contribution in [3.05, 3.63) is 66.2 Å². The van der Waals surface area contributed by atoms with Gasteiger partial charge < -0.3 is 9.93 Å². The van der Waals surface area contributed by atoms with Gasteiger partial charge in [0.25, 0.3) is 0 Å². The number of hydrogen-bond acceptors (Lipinski definition) is 3. The minimum Gasteiger partial charge on any atom is -0.356 e. The Morgan fingerprint density at radius 3 is 2.32 bits per heavy atom. The van der Waals surface area contributed by atoms with Crippen molar-refractivity contribution in [1.82, 2.24) is 5.16 Å². The van der Waals surface area contributed by atoms with Crippen molar-refractivity contribution in [3.8, 4) is 22.6 Å². The maximum absolute atomic E-state index is 7.17. The van der Waals surface area contributed by atoms with Gasteiger partial charge in [0.05, 0.1) is 0 Å². The molecule has 0 saturated carbocycles. The van der Waals surface area contributed by atoms with Crippen LogP contribution in [0.1, 0.15) is 5.56 Å². The molecule has 0 radical (unpaired) electrons. The molecule has 92 valence electrons. The van der Waals surface area contributed by atoms with E-state index in [1.165, 1.54) is 6.21 Å². The second-order valence-corrected chi connectivity index (χ2v) is 4.21. The van der Waals surface area contributed by atoms with E-state index in [0.717, 1.165) is 28.1 Å². The molecule has 0 fully saturated rings. The second-order valence-electron chi connectivity index (χ2n) is 4.21. The van der Waals surface area contributed by atoms with E-state index in [1.807, 2.05) is 60.7 Å². The number of hydrogen-bond donors (Lipinski definition) is 1. The third-order valence-corrected chi connectivity index (χ3v) is 2.94. The lowest BCUT2D eigenvalue weighted by molar-refractivity contribution is 0.435. The molecule has 0 spiro atoms. The Morgan fingerprint density at radius 2 is 1.63 bits per heavy atom. The molecular formula is C16H12N2O. The molecule has 3 nitrogen and oxygen atoms in total. The van der Waals surface area contributed by atoms with E-state index in [-0.39, 0.29) is 0 Å². The van der Waals surface area contributed by atoms with Crippen LogP contribution >= 0.6 is 0 Å². The molecule has 1 heterocycles. The topological polar surface area (TPSA) is 49.9 Å². The maximum Gasteiger partial charge on any atom is 0.167 e. The van der Waals surface area contributed by atoms with E-state index < -0.39 is 0 Å². The molecule has 0 aliphatic rings. The summed E-state index contributed by atoms with van der Waals surface area (Å²) >= 11 is 0. The van der Waals surface area contributed by atoms with Crippen LogP contribution in [-0.4, -0.2) is 11.4 Å². The highest BCUT2D eigenvalue weighted by Gasteiger charge is 2.07. The van der Waals surface area contributed by atoms with Crippen LogP contribution in [0.5, 0.6) is 0 Å². The molecule has 0 saturated heterocycles. The van der Waals surface area contributed by atoms with E-state index in [0.29, 0.717) is 0 Å². The third kappa shape index (κ3) is 2.31. The number of aromatic nitrogens is 1. The van der Waals surface area contributed by atoms with Crippen LogP contribution in [0.3, 0.4) is 0 Å². The van der Waals surface area contributed by atoms with Gasteiger partial charge in [-0.2, -0.15) is 0 Å². The van der Waals surface area contributed by atoms with Gasteiger partial charge in [0.2, 0.25) is 0 Å². The van der Waals surface area contributed by atoms with Crippen LogP contribution in [0.15, 0.2) is 65.2 Å². The predicted molar refractivity (Wildman–Crippen MR) is 75.3 cm³/mol. The summed E-state index contributed by atoms with van der Waals surface area (Å²) in [5.41, 5.74) is 3.69. The quantitative estimate of drug-likeness (QED) is 0.712. The molecule has 0 bridgehead atoms. The lowest BCUT2D eigenvalue weighted by atomic mass is 10.1. The van der Waals surface area contributed by atoms with E-state index in [4.69, 9.17) is 9.93 Å². The van der Waals surface area contributed by atoms with Crippen molar-refractivity contribution >= 4 is 6.21 Å². The molecule has 2 aromatic carbocycles. The summed E-state index contributed by atoms with van der Waals surface area (Å²) in [6.07, 6.45) is 1.32. The van der Waals surface area contributed by atoms with Crippen molar-refractivity contribution < 1.29 is 4.52 Å². The molecule has 1 aromatic heterocycles. The van der Waals surface area contributed by atoms with Gasteiger partial charge in [0.15, 0.2) is 5.76 Å². The molecular weight excluding hydrogens is 236 g/mol. The number of rotatable bonds is 3. The van der Waals surface area contributed by atoms with Crippen molar-refractivity contribution in [3.63, 3.8) is 0 Å². The summed E-state index contributed by atoms with van der Waals surface area (Å²) in [7, 11) is 0. The van der Waals surface area contributed by atoms with Gasteiger partial charge >= 0.3 is 0 Å². The first-order valence-corrected chi connectivity index (χ1v) is 6.00. The Hall–Kier alpha value is -2.68. The molecule has 3 rings (SSSR count). The van der Waals surface area contributed by atoms with E-state index in [2.05, 4.69) is 5.16 Å². The summed E-state index contributed by atoms with van der Waals surface area (Å²) in [5.74, 6) is 0.732. The smallest absolute Gasteiger partial charge is 0.167 e. The highest BCUT2D eigenvalue weighted by Crippen LogP contribution is 2.25. The minimum absolute atomic E-state index is 0.732. The van der Waals surface area contributed by atoms with E-state index in [1.54, 1.807) is 0 Å². The Bertz CT molecular complexity index is 684. The summed E-state index contributed by atoms with van der Waals surface area (Å²) in [6, 6.07) is 19.5. The van der Waals surface area contributed by atoms with Gasteiger partial charge in [0.1, 0.15) is 5.69 Å². The number of nitrogens with one attached hydrogen (secondary N) is 1. The molecule has 0 aliphatic carbocycles. The monoisotopic (exact) mass is 248 g/mol. The highest BCUT2D eigenvalue weighted by molar-refractivity contribution is 5.78. The van der Waals surface area contributed by atoms with Crippen molar-refractivity contribution in [2.24, 2.45) is 0 Å². The van der Waals surface area contributed by atoms with Gasteiger partial charge in [-0.05, 0) is 5.56 Å². The van der Waals surface area contributed by atoms with Gasteiger partial charge in [-0.3, -0.25) is 0 Å². The highest BCUT2D eigenvalue weighted by atomic mass is 16.5. The third-order valence-electron chi connectivity index (χ3n) is 2.94. The standard InChI is InChI=1S/C16H12N2O/c17-11-12-6-8-14(9-7-12)16-10-15(18-19-16)13-4-2-1-3-5-13/h1-11,17H. The van der Waals surface area contributed by atoms with Gasteiger partial charge in [-0.25, -0.2) is 0 Å². The number of benzene rings is 2. The summed E-state index contributed by atoms with van der Waals surface area (Å²) in [5, 5.41) is 11.3. The molecule has 0 atom stereocenters. The fraction of sp³-hybridized carbons (Fsp3) is 0. The van der Waals surface area contributed by atoms with Crippen LogP contribution < -0.4 is 0 Å². The zero-order valence-corrected chi connectivity index (χ0v) is 10.2. The normalized spacial score (nSPS) is 10.3. The largest absolute Gasteiger partial charge is 0.356 e. The van der Waals surface area contributed by atoms with Crippen molar-refractivity contribution in [1.29, 1.82) is 5.41 Å². The van der Waals surface area contributed by atoms with Gasteiger partial charge in [-0.15, -0.1) is 0 Å². The van der Waals surface area contributed by atoms with Crippen LogP contribution in [0.25, 0.3) is 22.6 Å².